The molecule has 2 rings (SSSR count). The zero-order valence-electron chi connectivity index (χ0n) is 14.9. The summed E-state index contributed by atoms with van der Waals surface area (Å²) in [5, 5.41) is 14.2. The molecule has 2 aromatic rings. The first kappa shape index (κ1) is 20.1. The van der Waals surface area contributed by atoms with E-state index in [0.29, 0.717) is 36.9 Å². The van der Waals surface area contributed by atoms with Gasteiger partial charge in [-0.05, 0) is 37.1 Å². The van der Waals surface area contributed by atoms with Crippen molar-refractivity contribution in [2.75, 3.05) is 5.32 Å². The van der Waals surface area contributed by atoms with E-state index in [1.807, 2.05) is 18.2 Å². The Balaban J connectivity index is 1.97. The van der Waals surface area contributed by atoms with Crippen LogP contribution in [0.4, 0.5) is 5.69 Å². The number of unbranched alkanes of at least 4 members (excludes halogenated alkanes) is 2. The molecule has 0 aliphatic carbocycles. The van der Waals surface area contributed by atoms with Crippen LogP contribution in [-0.4, -0.2) is 33.9 Å². The number of benzene rings is 1. The fourth-order valence-electron chi connectivity index (χ4n) is 2.56. The molecular weight excluding hydrogens is 346 g/mol. The molecule has 142 valence electrons. The lowest BCUT2D eigenvalue weighted by Crippen LogP contribution is -2.43. The second kappa shape index (κ2) is 10.7. The molecule has 27 heavy (non-hydrogen) atoms. The summed E-state index contributed by atoms with van der Waals surface area (Å²) in [7, 11) is 0. The van der Waals surface area contributed by atoms with Gasteiger partial charge in [-0.25, -0.2) is 0 Å². The van der Waals surface area contributed by atoms with E-state index in [1.165, 1.54) is 6.20 Å². The predicted octanol–water partition coefficient (Wildman–Crippen LogP) is 2.85. The lowest BCUT2D eigenvalue weighted by atomic mass is 10.1. The van der Waals surface area contributed by atoms with Gasteiger partial charge in [0.1, 0.15) is 6.04 Å². The largest absolute Gasteiger partial charge is 0.481 e. The van der Waals surface area contributed by atoms with E-state index in [1.54, 1.807) is 30.5 Å². The number of carboxylic acid groups (broad SMARTS) is 1. The van der Waals surface area contributed by atoms with Crippen molar-refractivity contribution in [1.29, 1.82) is 0 Å². The molecule has 7 heteroatoms. The van der Waals surface area contributed by atoms with Gasteiger partial charge in [-0.15, -0.1) is 0 Å². The molecule has 0 aliphatic heterocycles. The number of pyridine rings is 1. The molecule has 0 unspecified atom stereocenters. The van der Waals surface area contributed by atoms with Gasteiger partial charge in [-0.1, -0.05) is 31.0 Å². The highest BCUT2D eigenvalue weighted by atomic mass is 16.4. The number of para-hydroxylation sites is 1. The number of nitrogens with zero attached hydrogens (tertiary/aromatic N) is 1. The van der Waals surface area contributed by atoms with E-state index in [9.17, 15) is 14.4 Å². The van der Waals surface area contributed by atoms with Crippen LogP contribution in [-0.2, 0) is 9.59 Å². The minimum atomic E-state index is -0.835. The maximum Gasteiger partial charge on any atom is 0.303 e. The molecule has 1 aromatic heterocycles. The second-order valence-corrected chi connectivity index (χ2v) is 6.12. The third-order valence-corrected chi connectivity index (χ3v) is 3.97. The highest BCUT2D eigenvalue weighted by molar-refractivity contribution is 6.01. The van der Waals surface area contributed by atoms with Crippen molar-refractivity contribution >= 4 is 23.5 Å². The minimum absolute atomic E-state index is 0.100. The molecule has 1 atom stereocenters. The SMILES string of the molecule is O=C(O)CCCCC[C@@H](NC(=O)c1cccnc1)C(=O)Nc1ccccc1. The number of aliphatic carboxylic acids is 1. The number of carboxylic acids is 1. The van der Waals surface area contributed by atoms with Crippen LogP contribution in [0.25, 0.3) is 0 Å². The molecule has 2 amide bonds. The van der Waals surface area contributed by atoms with Crippen LogP contribution in [0.3, 0.4) is 0 Å². The smallest absolute Gasteiger partial charge is 0.303 e. The number of anilines is 1. The maximum atomic E-state index is 12.6. The predicted molar refractivity (Wildman–Crippen MR) is 101 cm³/mol. The molecule has 0 fully saturated rings. The standard InChI is InChI=1S/C20H23N3O4/c24-18(25)12-6-2-5-11-17(20(27)22-16-9-3-1-4-10-16)23-19(26)15-8-7-13-21-14-15/h1,3-4,7-10,13-14,17H,2,5-6,11-12H2,(H,22,27)(H,23,26)(H,24,25)/t17-/m1/s1. The van der Waals surface area contributed by atoms with Crippen molar-refractivity contribution in [3.8, 4) is 0 Å². The van der Waals surface area contributed by atoms with Crippen molar-refractivity contribution in [3.63, 3.8) is 0 Å². The normalized spacial score (nSPS) is 11.4. The summed E-state index contributed by atoms with van der Waals surface area (Å²) >= 11 is 0. The molecular formula is C20H23N3O4. The molecule has 7 nitrogen and oxygen atoms in total. The van der Waals surface area contributed by atoms with Crippen LogP contribution >= 0.6 is 0 Å². The van der Waals surface area contributed by atoms with Crippen LogP contribution in [0.2, 0.25) is 0 Å². The van der Waals surface area contributed by atoms with Crippen molar-refractivity contribution in [2.24, 2.45) is 0 Å². The molecule has 1 aromatic carbocycles. The van der Waals surface area contributed by atoms with Crippen molar-refractivity contribution in [2.45, 2.75) is 38.1 Å². The Hall–Kier alpha value is -3.22. The summed E-state index contributed by atoms with van der Waals surface area (Å²) in [5.41, 5.74) is 1.02. The number of carbonyl (C=O) groups is 3. The topological polar surface area (TPSA) is 108 Å². The summed E-state index contributed by atoms with van der Waals surface area (Å²) in [6.07, 6.45) is 5.37. The molecule has 1 heterocycles. The van der Waals surface area contributed by atoms with Gasteiger partial charge in [-0.3, -0.25) is 19.4 Å². The molecule has 0 bridgehead atoms. The van der Waals surface area contributed by atoms with Crippen molar-refractivity contribution in [1.82, 2.24) is 10.3 Å². The fraction of sp³-hybridized carbons (Fsp3) is 0.300. The zero-order chi connectivity index (χ0) is 19.5. The Morgan fingerprint density at radius 3 is 2.44 bits per heavy atom. The van der Waals surface area contributed by atoms with Gasteiger partial charge in [0.25, 0.3) is 5.91 Å². The van der Waals surface area contributed by atoms with Gasteiger partial charge in [0, 0.05) is 24.5 Å². The molecule has 0 saturated heterocycles. The summed E-state index contributed by atoms with van der Waals surface area (Å²) < 4.78 is 0. The fourth-order valence-corrected chi connectivity index (χ4v) is 2.56. The molecule has 0 saturated carbocycles. The van der Waals surface area contributed by atoms with Crippen LogP contribution in [0.15, 0.2) is 54.9 Å². The van der Waals surface area contributed by atoms with E-state index in [0.717, 1.165) is 0 Å². The number of amides is 2. The van der Waals surface area contributed by atoms with Crippen molar-refractivity contribution in [3.05, 3.63) is 60.4 Å². The number of carbonyl (C=O) groups excluding carboxylic acids is 2. The molecule has 3 N–H and O–H groups in total. The van der Waals surface area contributed by atoms with Crippen LogP contribution in [0, 0.1) is 0 Å². The van der Waals surface area contributed by atoms with E-state index in [-0.39, 0.29) is 18.2 Å². The van der Waals surface area contributed by atoms with Gasteiger partial charge >= 0.3 is 5.97 Å². The first-order valence-electron chi connectivity index (χ1n) is 8.85. The molecule has 0 aliphatic rings. The quantitative estimate of drug-likeness (QED) is 0.558. The summed E-state index contributed by atoms with van der Waals surface area (Å²) in [6, 6.07) is 11.6. The molecule has 0 radical (unpaired) electrons. The number of aromatic nitrogens is 1. The van der Waals surface area contributed by atoms with Gasteiger partial charge < -0.3 is 15.7 Å². The van der Waals surface area contributed by atoms with Crippen LogP contribution in [0.5, 0.6) is 0 Å². The lowest BCUT2D eigenvalue weighted by Gasteiger charge is -2.18. The Labute approximate surface area is 157 Å². The lowest BCUT2D eigenvalue weighted by molar-refractivity contribution is -0.137. The maximum absolute atomic E-state index is 12.6. The van der Waals surface area contributed by atoms with Gasteiger partial charge in [0.2, 0.25) is 5.91 Å². The van der Waals surface area contributed by atoms with Crippen molar-refractivity contribution < 1.29 is 19.5 Å². The number of nitrogens with one attached hydrogen (secondary N) is 2. The van der Waals surface area contributed by atoms with E-state index >= 15 is 0 Å². The van der Waals surface area contributed by atoms with Crippen LogP contribution in [0.1, 0.15) is 42.5 Å². The highest BCUT2D eigenvalue weighted by Crippen LogP contribution is 2.11. The number of hydrogen-bond donors (Lipinski definition) is 3. The van der Waals surface area contributed by atoms with Gasteiger partial charge in [0.15, 0.2) is 0 Å². The van der Waals surface area contributed by atoms with Gasteiger partial charge in [0.05, 0.1) is 5.56 Å². The summed E-state index contributed by atoms with van der Waals surface area (Å²) in [6.45, 7) is 0. The van der Waals surface area contributed by atoms with E-state index < -0.39 is 12.0 Å². The summed E-state index contributed by atoms with van der Waals surface area (Å²) in [5.74, 6) is -1.52. The minimum Gasteiger partial charge on any atom is -0.481 e. The Morgan fingerprint density at radius 1 is 1.00 bits per heavy atom. The average molecular weight is 369 g/mol. The first-order chi connectivity index (χ1) is 13.1. The third-order valence-electron chi connectivity index (χ3n) is 3.97. The Kier molecular flexibility index (Phi) is 7.96. The molecule has 0 spiro atoms. The number of hydrogen-bond acceptors (Lipinski definition) is 4. The van der Waals surface area contributed by atoms with Gasteiger partial charge in [-0.2, -0.15) is 0 Å². The monoisotopic (exact) mass is 369 g/mol. The average Bonchev–Trinajstić information content (AvgIpc) is 2.68. The van der Waals surface area contributed by atoms with E-state index in [2.05, 4.69) is 15.6 Å². The second-order valence-electron chi connectivity index (χ2n) is 6.12. The Morgan fingerprint density at radius 2 is 1.78 bits per heavy atom. The number of rotatable bonds is 10. The third kappa shape index (κ3) is 7.27. The van der Waals surface area contributed by atoms with Crippen LogP contribution < -0.4 is 10.6 Å². The van der Waals surface area contributed by atoms with E-state index in [4.69, 9.17) is 5.11 Å². The Bertz CT molecular complexity index is 750. The zero-order valence-corrected chi connectivity index (χ0v) is 14.9. The first-order valence-corrected chi connectivity index (χ1v) is 8.85. The highest BCUT2D eigenvalue weighted by Gasteiger charge is 2.21. The summed E-state index contributed by atoms with van der Waals surface area (Å²) in [4.78, 5) is 39.5.